The van der Waals surface area contributed by atoms with Gasteiger partial charge in [0, 0.05) is 23.7 Å². The fourth-order valence-corrected chi connectivity index (χ4v) is 4.12. The molecule has 1 aliphatic heterocycles. The Morgan fingerprint density at radius 3 is 2.57 bits per heavy atom. The summed E-state index contributed by atoms with van der Waals surface area (Å²) in [5, 5.41) is 12.3. The first kappa shape index (κ1) is 20.5. The number of halogens is 1. The van der Waals surface area contributed by atoms with Crippen LogP contribution in [0.5, 0.6) is 5.75 Å². The molecule has 3 N–H and O–H groups in total. The standard InChI is InChI=1S/C21H26FN3O2S/c22-20-4-2-1-3-17(20)16-28-14-9-23-21(27)15-24-10-12-25(13-11-24)18-5-7-19(26)8-6-18/h1-8,26H,9-16H2,(H,23,27)/p+1. The minimum absolute atomic E-state index is 0.0691. The van der Waals surface area contributed by atoms with Crippen molar-refractivity contribution in [1.82, 2.24) is 5.32 Å². The summed E-state index contributed by atoms with van der Waals surface area (Å²) in [5.74, 6) is 1.56. The number of phenolic OH excluding ortho intramolecular Hbond substituents is 1. The maximum atomic E-state index is 13.5. The molecule has 1 fully saturated rings. The Kier molecular flexibility index (Phi) is 7.56. The summed E-state index contributed by atoms with van der Waals surface area (Å²) >= 11 is 1.62. The first-order chi connectivity index (χ1) is 13.6. The second-order valence-corrected chi connectivity index (χ2v) is 8.03. The number of benzene rings is 2. The summed E-state index contributed by atoms with van der Waals surface area (Å²) in [6.07, 6.45) is 0. The first-order valence-corrected chi connectivity index (χ1v) is 10.7. The second-order valence-electron chi connectivity index (χ2n) is 6.92. The van der Waals surface area contributed by atoms with Crippen LogP contribution in [0.3, 0.4) is 0 Å². The Hall–Kier alpha value is -2.25. The molecule has 0 radical (unpaired) electrons. The van der Waals surface area contributed by atoms with Crippen LogP contribution in [0.1, 0.15) is 5.56 Å². The quantitative estimate of drug-likeness (QED) is 0.581. The third kappa shape index (κ3) is 6.14. The van der Waals surface area contributed by atoms with Crippen molar-refractivity contribution in [2.75, 3.05) is 49.9 Å². The number of carbonyl (C=O) groups excluding carboxylic acids is 1. The van der Waals surface area contributed by atoms with E-state index in [1.165, 1.54) is 11.0 Å². The average molecular weight is 405 g/mol. The molecule has 0 spiro atoms. The average Bonchev–Trinajstić information content (AvgIpc) is 2.70. The Bertz CT molecular complexity index is 765. The lowest BCUT2D eigenvalue weighted by Gasteiger charge is -2.33. The van der Waals surface area contributed by atoms with Crippen molar-refractivity contribution in [3.8, 4) is 5.75 Å². The highest BCUT2D eigenvalue weighted by Gasteiger charge is 2.22. The van der Waals surface area contributed by atoms with Crippen LogP contribution in [0.4, 0.5) is 10.1 Å². The summed E-state index contributed by atoms with van der Waals surface area (Å²) in [4.78, 5) is 15.7. The summed E-state index contributed by atoms with van der Waals surface area (Å²) in [6, 6.07) is 14.0. The van der Waals surface area contributed by atoms with Crippen LogP contribution in [0, 0.1) is 5.82 Å². The smallest absolute Gasteiger partial charge is 0.275 e. The number of piperazine rings is 1. The van der Waals surface area contributed by atoms with E-state index in [0.717, 1.165) is 37.6 Å². The summed E-state index contributed by atoms with van der Waals surface area (Å²) in [7, 11) is 0. The van der Waals surface area contributed by atoms with Gasteiger partial charge in [0.2, 0.25) is 0 Å². The van der Waals surface area contributed by atoms with Crippen molar-refractivity contribution in [1.29, 1.82) is 0 Å². The molecule has 1 saturated heterocycles. The van der Waals surface area contributed by atoms with Gasteiger partial charge in [-0.25, -0.2) is 4.39 Å². The van der Waals surface area contributed by atoms with Gasteiger partial charge in [-0.1, -0.05) is 18.2 Å². The highest BCUT2D eigenvalue weighted by molar-refractivity contribution is 7.98. The molecular formula is C21H27FN3O2S+. The van der Waals surface area contributed by atoms with Crippen molar-refractivity contribution < 1.29 is 19.2 Å². The van der Waals surface area contributed by atoms with E-state index >= 15 is 0 Å². The highest BCUT2D eigenvalue weighted by Crippen LogP contribution is 2.18. The van der Waals surface area contributed by atoms with Crippen LogP contribution in [0.2, 0.25) is 0 Å². The lowest BCUT2D eigenvalue weighted by Crippen LogP contribution is -3.16. The van der Waals surface area contributed by atoms with Gasteiger partial charge >= 0.3 is 0 Å². The molecule has 1 amide bonds. The van der Waals surface area contributed by atoms with Crippen molar-refractivity contribution >= 4 is 23.4 Å². The van der Waals surface area contributed by atoms with E-state index in [9.17, 15) is 14.3 Å². The van der Waals surface area contributed by atoms with Crippen LogP contribution in [0.25, 0.3) is 0 Å². The lowest BCUT2D eigenvalue weighted by atomic mass is 10.2. The minimum atomic E-state index is -0.172. The molecule has 1 aliphatic rings. The molecule has 0 aromatic heterocycles. The summed E-state index contributed by atoms with van der Waals surface area (Å²) < 4.78 is 13.5. The number of phenols is 1. The van der Waals surface area contributed by atoms with Gasteiger partial charge in [0.15, 0.2) is 6.54 Å². The lowest BCUT2D eigenvalue weighted by molar-refractivity contribution is -0.892. The van der Waals surface area contributed by atoms with Gasteiger partial charge in [-0.3, -0.25) is 4.79 Å². The molecule has 2 aromatic rings. The highest BCUT2D eigenvalue weighted by atomic mass is 32.2. The van der Waals surface area contributed by atoms with Gasteiger partial charge < -0.3 is 20.2 Å². The summed E-state index contributed by atoms with van der Waals surface area (Å²) in [5.41, 5.74) is 1.81. The van der Waals surface area contributed by atoms with Gasteiger partial charge in [0.1, 0.15) is 11.6 Å². The topological polar surface area (TPSA) is 57.0 Å². The monoisotopic (exact) mass is 404 g/mol. The molecule has 28 heavy (non-hydrogen) atoms. The predicted molar refractivity (Wildman–Crippen MR) is 111 cm³/mol. The van der Waals surface area contributed by atoms with E-state index in [-0.39, 0.29) is 17.5 Å². The fourth-order valence-electron chi connectivity index (χ4n) is 3.27. The van der Waals surface area contributed by atoms with E-state index in [0.29, 0.717) is 24.4 Å². The first-order valence-electron chi connectivity index (χ1n) is 9.57. The third-order valence-electron chi connectivity index (χ3n) is 4.88. The molecule has 2 aromatic carbocycles. The Balaban J connectivity index is 1.29. The number of anilines is 1. The van der Waals surface area contributed by atoms with Crippen LogP contribution < -0.4 is 15.1 Å². The molecule has 5 nitrogen and oxygen atoms in total. The number of aromatic hydroxyl groups is 1. The number of hydrogen-bond acceptors (Lipinski definition) is 4. The maximum absolute atomic E-state index is 13.5. The molecule has 7 heteroatoms. The number of hydrogen-bond donors (Lipinski definition) is 3. The zero-order chi connectivity index (χ0) is 19.8. The molecule has 0 atom stereocenters. The molecule has 150 valence electrons. The van der Waals surface area contributed by atoms with E-state index < -0.39 is 0 Å². The van der Waals surface area contributed by atoms with Crippen molar-refractivity contribution in [3.05, 3.63) is 59.9 Å². The zero-order valence-corrected chi connectivity index (χ0v) is 16.7. The molecule has 0 aliphatic carbocycles. The van der Waals surface area contributed by atoms with Crippen LogP contribution in [0.15, 0.2) is 48.5 Å². The molecule has 1 heterocycles. The number of nitrogens with zero attached hydrogens (tertiary/aromatic N) is 1. The number of thioether (sulfide) groups is 1. The SMILES string of the molecule is O=C(C[NH+]1CCN(c2ccc(O)cc2)CC1)NCCSCc1ccccc1F. The Labute approximate surface area is 169 Å². The van der Waals surface area contributed by atoms with E-state index in [1.807, 2.05) is 18.2 Å². The number of nitrogens with one attached hydrogen (secondary N) is 2. The van der Waals surface area contributed by atoms with Crippen LogP contribution >= 0.6 is 11.8 Å². The number of carbonyl (C=O) groups is 1. The molecule has 0 unspecified atom stereocenters. The molecular weight excluding hydrogens is 377 g/mol. The Morgan fingerprint density at radius 2 is 1.86 bits per heavy atom. The summed E-state index contributed by atoms with van der Waals surface area (Å²) in [6.45, 7) is 4.71. The molecule has 0 bridgehead atoms. The van der Waals surface area contributed by atoms with Gasteiger partial charge in [-0.2, -0.15) is 11.8 Å². The zero-order valence-electron chi connectivity index (χ0n) is 15.9. The van der Waals surface area contributed by atoms with Gasteiger partial charge in [0.05, 0.1) is 26.2 Å². The number of rotatable bonds is 8. The van der Waals surface area contributed by atoms with Gasteiger partial charge in [0.25, 0.3) is 5.91 Å². The minimum Gasteiger partial charge on any atom is -0.508 e. The normalized spacial score (nSPS) is 14.8. The van der Waals surface area contributed by atoms with Gasteiger partial charge in [-0.05, 0) is 35.9 Å². The largest absolute Gasteiger partial charge is 0.508 e. The van der Waals surface area contributed by atoms with Crippen molar-refractivity contribution in [2.45, 2.75) is 5.75 Å². The van der Waals surface area contributed by atoms with Crippen molar-refractivity contribution in [2.24, 2.45) is 0 Å². The van der Waals surface area contributed by atoms with Gasteiger partial charge in [-0.15, -0.1) is 0 Å². The third-order valence-corrected chi connectivity index (χ3v) is 5.89. The number of amides is 1. The number of quaternary nitrogens is 1. The maximum Gasteiger partial charge on any atom is 0.275 e. The second kappa shape index (κ2) is 10.3. The van der Waals surface area contributed by atoms with E-state index in [4.69, 9.17) is 0 Å². The Morgan fingerprint density at radius 1 is 1.14 bits per heavy atom. The van der Waals surface area contributed by atoms with Crippen LogP contribution in [-0.2, 0) is 10.5 Å². The van der Waals surface area contributed by atoms with Crippen molar-refractivity contribution in [3.63, 3.8) is 0 Å². The predicted octanol–water partition coefficient (Wildman–Crippen LogP) is 1.29. The van der Waals surface area contributed by atoms with E-state index in [2.05, 4.69) is 10.2 Å². The van der Waals surface area contributed by atoms with Crippen LogP contribution in [-0.4, -0.2) is 56.0 Å². The molecule has 3 rings (SSSR count). The fraction of sp³-hybridized carbons (Fsp3) is 0.381. The van der Waals surface area contributed by atoms with E-state index in [1.54, 1.807) is 36.0 Å². The molecule has 0 saturated carbocycles.